The minimum atomic E-state index is -4.79. The molecule has 22 heavy (non-hydrogen) atoms. The van der Waals surface area contributed by atoms with E-state index in [-0.39, 0.29) is 11.5 Å². The van der Waals surface area contributed by atoms with Gasteiger partial charge in [0.05, 0.1) is 5.56 Å². The topological polar surface area (TPSA) is 79.2 Å². The Kier molecular flexibility index (Phi) is 3.32. The lowest BCUT2D eigenvalue weighted by Gasteiger charge is -2.23. The second-order valence-electron chi connectivity index (χ2n) is 6.14. The van der Waals surface area contributed by atoms with Crippen molar-refractivity contribution in [3.8, 4) is 0 Å². The lowest BCUT2D eigenvalue weighted by Crippen LogP contribution is -2.45. The number of carbonyl (C=O) groups excluding carboxylic acids is 1. The Morgan fingerprint density at radius 1 is 1.45 bits per heavy atom. The van der Waals surface area contributed by atoms with E-state index in [4.69, 9.17) is 5.73 Å². The zero-order chi connectivity index (χ0) is 16.1. The van der Waals surface area contributed by atoms with E-state index in [1.807, 2.05) is 4.98 Å². The molecule has 120 valence electrons. The van der Waals surface area contributed by atoms with Crippen LogP contribution in [0.4, 0.5) is 13.2 Å². The van der Waals surface area contributed by atoms with Crippen LogP contribution in [-0.2, 0) is 6.18 Å². The van der Waals surface area contributed by atoms with E-state index < -0.39 is 28.7 Å². The summed E-state index contributed by atoms with van der Waals surface area (Å²) in [5, 5.41) is 0. The van der Waals surface area contributed by atoms with Crippen molar-refractivity contribution in [2.24, 2.45) is 11.7 Å². The van der Waals surface area contributed by atoms with Gasteiger partial charge in [-0.1, -0.05) is 6.42 Å². The molecule has 2 unspecified atom stereocenters. The summed E-state index contributed by atoms with van der Waals surface area (Å²) in [4.78, 5) is 27.1. The fraction of sp³-hybridized carbons (Fsp3) is 0.571. The molecule has 2 atom stereocenters. The molecule has 5 nitrogen and oxygen atoms in total. The molecule has 1 aromatic rings. The molecule has 1 aromatic heterocycles. The highest BCUT2D eigenvalue weighted by Gasteiger charge is 2.48. The van der Waals surface area contributed by atoms with Crippen LogP contribution in [-0.4, -0.2) is 34.4 Å². The van der Waals surface area contributed by atoms with Gasteiger partial charge in [-0.25, -0.2) is 0 Å². The minimum absolute atomic E-state index is 0.171. The number of nitrogens with two attached hydrogens (primary N) is 1. The van der Waals surface area contributed by atoms with E-state index in [0.717, 1.165) is 25.5 Å². The number of nitrogens with one attached hydrogen (secondary N) is 1. The lowest BCUT2D eigenvalue weighted by molar-refractivity contribution is -0.138. The van der Waals surface area contributed by atoms with Gasteiger partial charge in [-0.3, -0.25) is 9.59 Å². The fourth-order valence-electron chi connectivity index (χ4n) is 3.49. The van der Waals surface area contributed by atoms with E-state index >= 15 is 0 Å². The quantitative estimate of drug-likeness (QED) is 0.821. The zero-order valence-electron chi connectivity index (χ0n) is 11.7. The molecular formula is C14H16F3N3O2. The second kappa shape index (κ2) is 4.84. The van der Waals surface area contributed by atoms with Crippen LogP contribution < -0.4 is 11.3 Å². The van der Waals surface area contributed by atoms with Crippen LogP contribution >= 0.6 is 0 Å². The highest BCUT2D eigenvalue weighted by atomic mass is 19.4. The first kappa shape index (κ1) is 15.1. The monoisotopic (exact) mass is 315 g/mol. The highest BCUT2D eigenvalue weighted by molar-refractivity contribution is 5.94. The van der Waals surface area contributed by atoms with Crippen LogP contribution in [0.3, 0.4) is 0 Å². The van der Waals surface area contributed by atoms with Crippen LogP contribution in [0.25, 0.3) is 0 Å². The van der Waals surface area contributed by atoms with Crippen molar-refractivity contribution < 1.29 is 18.0 Å². The smallest absolute Gasteiger partial charge is 0.336 e. The number of aromatic amines is 1. The summed E-state index contributed by atoms with van der Waals surface area (Å²) in [5.41, 5.74) is 3.05. The van der Waals surface area contributed by atoms with E-state index in [1.54, 1.807) is 0 Å². The summed E-state index contributed by atoms with van der Waals surface area (Å²) in [6, 6.07) is 0.610. The molecule has 2 heterocycles. The van der Waals surface area contributed by atoms with Crippen LogP contribution in [0.2, 0.25) is 0 Å². The molecule has 3 rings (SSSR count). The number of amides is 1. The lowest BCUT2D eigenvalue weighted by atomic mass is 9.92. The zero-order valence-corrected chi connectivity index (χ0v) is 11.7. The van der Waals surface area contributed by atoms with Gasteiger partial charge in [-0.2, -0.15) is 13.2 Å². The third kappa shape index (κ3) is 2.41. The molecule has 1 aliphatic heterocycles. The minimum Gasteiger partial charge on any atom is -0.336 e. The Hall–Kier alpha value is -1.83. The normalized spacial score (nSPS) is 28.0. The van der Waals surface area contributed by atoms with E-state index in [1.165, 1.54) is 4.90 Å². The molecule has 0 spiro atoms. The van der Waals surface area contributed by atoms with Gasteiger partial charge < -0.3 is 15.6 Å². The van der Waals surface area contributed by atoms with E-state index in [0.29, 0.717) is 19.2 Å². The Labute approximate surface area is 124 Å². The van der Waals surface area contributed by atoms with Gasteiger partial charge >= 0.3 is 6.18 Å². The number of H-pyrrole nitrogens is 1. The maximum absolute atomic E-state index is 12.8. The van der Waals surface area contributed by atoms with Gasteiger partial charge in [0.25, 0.3) is 11.5 Å². The number of alkyl halides is 3. The summed E-state index contributed by atoms with van der Waals surface area (Å²) >= 11 is 0. The van der Waals surface area contributed by atoms with Gasteiger partial charge in [0.15, 0.2) is 0 Å². The van der Waals surface area contributed by atoms with Crippen LogP contribution in [0.1, 0.15) is 35.2 Å². The first-order chi connectivity index (χ1) is 10.2. The van der Waals surface area contributed by atoms with Crippen LogP contribution in [0.15, 0.2) is 17.1 Å². The Balaban J connectivity index is 1.86. The van der Waals surface area contributed by atoms with Gasteiger partial charge in [-0.05, 0) is 24.8 Å². The summed E-state index contributed by atoms with van der Waals surface area (Å²) in [6.07, 6.45) is -1.00. The fourth-order valence-corrected chi connectivity index (χ4v) is 3.49. The molecule has 2 aliphatic rings. The Morgan fingerprint density at radius 2 is 2.18 bits per heavy atom. The van der Waals surface area contributed by atoms with Gasteiger partial charge in [0, 0.05) is 24.8 Å². The SMILES string of the molecule is NC12CCCC1CN(C(=O)c1c[nH]c(=O)c(C(F)(F)F)c1)C2. The molecule has 0 bridgehead atoms. The van der Waals surface area contributed by atoms with Crippen molar-refractivity contribution >= 4 is 5.91 Å². The number of pyridine rings is 1. The average molecular weight is 315 g/mol. The Morgan fingerprint density at radius 3 is 2.82 bits per heavy atom. The summed E-state index contributed by atoms with van der Waals surface area (Å²) in [5.74, 6) is -0.331. The summed E-state index contributed by atoms with van der Waals surface area (Å²) in [6.45, 7) is 0.798. The summed E-state index contributed by atoms with van der Waals surface area (Å²) in [7, 11) is 0. The Bertz CT molecular complexity index is 670. The molecule has 0 aromatic carbocycles. The summed E-state index contributed by atoms with van der Waals surface area (Å²) < 4.78 is 38.3. The number of aromatic nitrogens is 1. The first-order valence-electron chi connectivity index (χ1n) is 7.09. The van der Waals surface area contributed by atoms with Crippen molar-refractivity contribution in [2.75, 3.05) is 13.1 Å². The molecular weight excluding hydrogens is 299 g/mol. The number of hydrogen-bond acceptors (Lipinski definition) is 3. The molecule has 1 saturated carbocycles. The largest absolute Gasteiger partial charge is 0.421 e. The third-order valence-corrected chi connectivity index (χ3v) is 4.68. The van der Waals surface area contributed by atoms with Gasteiger partial charge in [0.2, 0.25) is 0 Å². The highest BCUT2D eigenvalue weighted by Crippen LogP contribution is 2.40. The number of hydrogen-bond donors (Lipinski definition) is 2. The number of fused-ring (bicyclic) bond motifs is 1. The molecule has 2 fully saturated rings. The molecule has 0 radical (unpaired) electrons. The molecule has 8 heteroatoms. The number of halogens is 3. The van der Waals surface area contributed by atoms with Crippen molar-refractivity contribution in [1.29, 1.82) is 0 Å². The average Bonchev–Trinajstić information content (AvgIpc) is 2.92. The van der Waals surface area contributed by atoms with Crippen molar-refractivity contribution in [2.45, 2.75) is 31.0 Å². The predicted octanol–water partition coefficient (Wildman–Crippen LogP) is 1.35. The standard InChI is InChI=1S/C14H16F3N3O2/c15-14(16,17)10-4-8(5-19-11(10)21)12(22)20-6-9-2-1-3-13(9,18)7-20/h4-5,9H,1-3,6-7,18H2,(H,19,21). The van der Waals surface area contributed by atoms with Gasteiger partial charge in [-0.15, -0.1) is 0 Å². The maximum Gasteiger partial charge on any atom is 0.421 e. The number of likely N-dealkylation sites (tertiary alicyclic amines) is 1. The third-order valence-electron chi connectivity index (χ3n) is 4.68. The van der Waals surface area contributed by atoms with E-state index in [2.05, 4.69) is 0 Å². The van der Waals surface area contributed by atoms with Crippen molar-refractivity contribution in [3.63, 3.8) is 0 Å². The van der Waals surface area contributed by atoms with Crippen LogP contribution in [0, 0.1) is 5.92 Å². The van der Waals surface area contributed by atoms with E-state index in [9.17, 15) is 22.8 Å². The van der Waals surface area contributed by atoms with Crippen molar-refractivity contribution in [3.05, 3.63) is 33.7 Å². The number of rotatable bonds is 1. The molecule has 1 saturated heterocycles. The van der Waals surface area contributed by atoms with Crippen LogP contribution in [0.5, 0.6) is 0 Å². The maximum atomic E-state index is 12.8. The number of nitrogens with zero attached hydrogens (tertiary/aromatic N) is 1. The second-order valence-corrected chi connectivity index (χ2v) is 6.14. The molecule has 1 amide bonds. The van der Waals surface area contributed by atoms with Gasteiger partial charge in [0.1, 0.15) is 5.56 Å². The first-order valence-corrected chi connectivity index (χ1v) is 7.09. The number of carbonyl (C=O) groups is 1. The molecule has 1 aliphatic carbocycles. The van der Waals surface area contributed by atoms with Crippen molar-refractivity contribution in [1.82, 2.24) is 9.88 Å². The molecule has 3 N–H and O–H groups in total. The predicted molar refractivity (Wildman–Crippen MR) is 72.2 cm³/mol.